The van der Waals surface area contributed by atoms with Gasteiger partial charge in [-0.15, -0.1) is 0 Å². The first kappa shape index (κ1) is 23.7. The number of rotatable bonds is 8. The van der Waals surface area contributed by atoms with Crippen molar-refractivity contribution in [3.63, 3.8) is 0 Å². The molecule has 0 aliphatic carbocycles. The Morgan fingerprint density at radius 2 is 1.91 bits per heavy atom. The van der Waals surface area contributed by atoms with Crippen molar-refractivity contribution >= 4 is 29.2 Å². The summed E-state index contributed by atoms with van der Waals surface area (Å²) in [5.74, 6) is -1.75. The van der Waals surface area contributed by atoms with E-state index in [1.165, 1.54) is 35.4 Å². The van der Waals surface area contributed by atoms with E-state index in [4.69, 9.17) is 9.15 Å². The fourth-order valence-corrected chi connectivity index (χ4v) is 3.95. The summed E-state index contributed by atoms with van der Waals surface area (Å²) in [6.07, 6.45) is 2.75. The number of nitrogens with one attached hydrogen (secondary N) is 1. The van der Waals surface area contributed by atoms with Crippen LogP contribution in [0.25, 0.3) is 0 Å². The molecule has 3 aromatic rings. The third-order valence-electron chi connectivity index (χ3n) is 5.65. The summed E-state index contributed by atoms with van der Waals surface area (Å²) in [6, 6.07) is 15.4. The van der Waals surface area contributed by atoms with E-state index in [9.17, 15) is 24.5 Å². The molecule has 0 spiro atoms. The summed E-state index contributed by atoms with van der Waals surface area (Å²) < 4.78 is 10.4. The SMILES string of the molecule is O=C(N[C@@H](Cc1ccccc1)C(=O)OCC(=O)N1CCCc2cc([N+](=O)[O-])ccc21)c1ccco1. The molecular formula is C25H23N3O7. The number of ether oxygens (including phenoxy) is 1. The lowest BCUT2D eigenvalue weighted by Gasteiger charge is -2.29. The van der Waals surface area contributed by atoms with Gasteiger partial charge in [0.05, 0.1) is 11.2 Å². The fourth-order valence-electron chi connectivity index (χ4n) is 3.95. The Labute approximate surface area is 200 Å². The van der Waals surface area contributed by atoms with Crippen LogP contribution in [0.4, 0.5) is 11.4 Å². The van der Waals surface area contributed by atoms with Crippen molar-refractivity contribution in [3.8, 4) is 0 Å². The van der Waals surface area contributed by atoms with Gasteiger partial charge < -0.3 is 19.4 Å². The zero-order valence-electron chi connectivity index (χ0n) is 18.7. The molecule has 1 aliphatic heterocycles. The van der Waals surface area contributed by atoms with Gasteiger partial charge in [-0.05, 0) is 42.2 Å². The highest BCUT2D eigenvalue weighted by molar-refractivity contribution is 5.98. The Bertz CT molecular complexity index is 1230. The molecule has 1 atom stereocenters. The second-order valence-corrected chi connectivity index (χ2v) is 8.02. The minimum absolute atomic E-state index is 0.0412. The number of carbonyl (C=O) groups is 3. The smallest absolute Gasteiger partial charge is 0.329 e. The highest BCUT2D eigenvalue weighted by Gasteiger charge is 2.28. The molecule has 1 aromatic heterocycles. The highest BCUT2D eigenvalue weighted by Crippen LogP contribution is 2.30. The van der Waals surface area contributed by atoms with Gasteiger partial charge in [-0.1, -0.05) is 30.3 Å². The molecule has 0 unspecified atom stereocenters. The lowest BCUT2D eigenvalue weighted by molar-refractivity contribution is -0.384. The van der Waals surface area contributed by atoms with Crippen molar-refractivity contribution < 1.29 is 28.5 Å². The van der Waals surface area contributed by atoms with Gasteiger partial charge in [0.25, 0.3) is 17.5 Å². The number of nitro benzene ring substituents is 1. The molecule has 1 N–H and O–H groups in total. The lowest BCUT2D eigenvalue weighted by Crippen LogP contribution is -2.45. The average molecular weight is 477 g/mol. The third kappa shape index (κ3) is 5.72. The molecule has 0 saturated heterocycles. The van der Waals surface area contributed by atoms with Gasteiger partial charge in [-0.25, -0.2) is 4.79 Å². The van der Waals surface area contributed by atoms with E-state index < -0.39 is 35.4 Å². The minimum atomic E-state index is -1.04. The number of fused-ring (bicyclic) bond motifs is 1. The number of furan rings is 1. The van der Waals surface area contributed by atoms with Gasteiger partial charge in [-0.2, -0.15) is 0 Å². The number of carbonyl (C=O) groups excluding carboxylic acids is 3. The molecule has 10 heteroatoms. The van der Waals surface area contributed by atoms with E-state index in [0.29, 0.717) is 30.6 Å². The van der Waals surface area contributed by atoms with Crippen molar-refractivity contribution in [1.29, 1.82) is 0 Å². The average Bonchev–Trinajstić information content (AvgIpc) is 3.42. The Hall–Kier alpha value is -4.47. The summed E-state index contributed by atoms with van der Waals surface area (Å²) in [5.41, 5.74) is 2.01. The largest absolute Gasteiger partial charge is 0.459 e. The summed E-state index contributed by atoms with van der Waals surface area (Å²) in [7, 11) is 0. The number of benzene rings is 2. The van der Waals surface area contributed by atoms with Gasteiger partial charge in [0.2, 0.25) is 0 Å². The first-order valence-electron chi connectivity index (χ1n) is 11.0. The first-order valence-corrected chi connectivity index (χ1v) is 11.0. The predicted octanol–water partition coefficient (Wildman–Crippen LogP) is 3.05. The van der Waals surface area contributed by atoms with Crippen molar-refractivity contribution in [3.05, 3.63) is 93.9 Å². The van der Waals surface area contributed by atoms with Gasteiger partial charge >= 0.3 is 5.97 Å². The number of nitro groups is 1. The van der Waals surface area contributed by atoms with Crippen LogP contribution in [-0.4, -0.2) is 41.9 Å². The Kier molecular flexibility index (Phi) is 7.20. The van der Waals surface area contributed by atoms with Crippen LogP contribution in [0.5, 0.6) is 0 Å². The molecule has 0 saturated carbocycles. The maximum Gasteiger partial charge on any atom is 0.329 e. The maximum atomic E-state index is 12.9. The number of hydrogen-bond acceptors (Lipinski definition) is 7. The van der Waals surface area contributed by atoms with Crippen LogP contribution in [0.15, 0.2) is 71.3 Å². The Morgan fingerprint density at radius 3 is 2.63 bits per heavy atom. The van der Waals surface area contributed by atoms with E-state index in [1.807, 2.05) is 30.3 Å². The number of aryl methyl sites for hydroxylation is 1. The highest BCUT2D eigenvalue weighted by atomic mass is 16.6. The van der Waals surface area contributed by atoms with Crippen LogP contribution in [0.1, 0.15) is 28.1 Å². The van der Waals surface area contributed by atoms with Gasteiger partial charge in [0.1, 0.15) is 6.04 Å². The fraction of sp³-hybridized carbons (Fsp3) is 0.240. The first-order chi connectivity index (χ1) is 16.9. The molecule has 2 aromatic carbocycles. The van der Waals surface area contributed by atoms with Gasteiger partial charge in [0, 0.05) is 30.8 Å². The summed E-state index contributed by atoms with van der Waals surface area (Å²) in [6.45, 7) is -0.124. The van der Waals surface area contributed by atoms with Crippen LogP contribution < -0.4 is 10.2 Å². The number of anilines is 1. The van der Waals surface area contributed by atoms with Crippen LogP contribution in [-0.2, 0) is 27.2 Å². The number of hydrogen-bond donors (Lipinski definition) is 1. The van der Waals surface area contributed by atoms with E-state index in [-0.39, 0.29) is 17.9 Å². The van der Waals surface area contributed by atoms with Crippen molar-refractivity contribution in [2.24, 2.45) is 0 Å². The Morgan fingerprint density at radius 1 is 1.11 bits per heavy atom. The van der Waals surface area contributed by atoms with E-state index >= 15 is 0 Å². The number of nitrogens with zero attached hydrogens (tertiary/aromatic N) is 2. The normalized spacial score (nSPS) is 13.4. The molecule has 2 heterocycles. The molecule has 0 fully saturated rings. The van der Waals surface area contributed by atoms with Gasteiger partial charge in [0.15, 0.2) is 12.4 Å². The van der Waals surface area contributed by atoms with Crippen LogP contribution in [0.2, 0.25) is 0 Å². The second kappa shape index (κ2) is 10.6. The number of esters is 1. The van der Waals surface area contributed by atoms with Crippen LogP contribution in [0.3, 0.4) is 0 Å². The standard InChI is InChI=1S/C25H23N3O7/c29-23(27-12-4-8-18-15-19(28(32)33)10-11-21(18)27)16-35-25(31)20(14-17-6-2-1-3-7-17)26-24(30)22-9-5-13-34-22/h1-3,5-7,9-11,13,15,20H,4,8,12,14,16H2,(H,26,30)/t20-/m0/s1. The van der Waals surface area contributed by atoms with Crippen molar-refractivity contribution in [2.45, 2.75) is 25.3 Å². The molecule has 4 rings (SSSR count). The zero-order valence-corrected chi connectivity index (χ0v) is 18.7. The van der Waals surface area contributed by atoms with E-state index in [1.54, 1.807) is 6.07 Å². The molecule has 10 nitrogen and oxygen atoms in total. The molecule has 35 heavy (non-hydrogen) atoms. The van der Waals surface area contributed by atoms with Crippen LogP contribution >= 0.6 is 0 Å². The molecular weight excluding hydrogens is 454 g/mol. The quantitative estimate of drug-likeness (QED) is 0.300. The topological polar surface area (TPSA) is 132 Å². The summed E-state index contributed by atoms with van der Waals surface area (Å²) >= 11 is 0. The van der Waals surface area contributed by atoms with E-state index in [2.05, 4.69) is 5.32 Å². The molecule has 1 aliphatic rings. The lowest BCUT2D eigenvalue weighted by atomic mass is 10.0. The van der Waals surface area contributed by atoms with Crippen LogP contribution in [0, 0.1) is 10.1 Å². The summed E-state index contributed by atoms with van der Waals surface area (Å²) in [5, 5.41) is 13.7. The predicted molar refractivity (Wildman–Crippen MR) is 125 cm³/mol. The monoisotopic (exact) mass is 477 g/mol. The molecule has 0 bridgehead atoms. The van der Waals surface area contributed by atoms with Crippen molar-refractivity contribution in [2.75, 3.05) is 18.1 Å². The number of non-ortho nitro benzene ring substituents is 1. The number of amides is 2. The molecule has 180 valence electrons. The van der Waals surface area contributed by atoms with E-state index in [0.717, 1.165) is 5.56 Å². The molecule has 2 amide bonds. The maximum absolute atomic E-state index is 12.9. The van der Waals surface area contributed by atoms with Crippen molar-refractivity contribution in [1.82, 2.24) is 5.32 Å². The second-order valence-electron chi connectivity index (χ2n) is 8.02. The third-order valence-corrected chi connectivity index (χ3v) is 5.65. The minimum Gasteiger partial charge on any atom is -0.459 e. The zero-order chi connectivity index (χ0) is 24.8. The Balaban J connectivity index is 1.44. The summed E-state index contributed by atoms with van der Waals surface area (Å²) in [4.78, 5) is 50.3. The molecule has 0 radical (unpaired) electrons. The van der Waals surface area contributed by atoms with Gasteiger partial charge in [-0.3, -0.25) is 19.7 Å².